The fourth-order valence-corrected chi connectivity index (χ4v) is 3.39. The van der Waals surface area contributed by atoms with E-state index in [0.717, 1.165) is 13.0 Å². The zero-order valence-corrected chi connectivity index (χ0v) is 11.1. The molecule has 0 amide bonds. The van der Waals surface area contributed by atoms with Crippen molar-refractivity contribution >= 4 is 0 Å². The molecule has 0 aliphatic heterocycles. The Bertz CT molecular complexity index is 263. The van der Waals surface area contributed by atoms with Crippen LogP contribution in [0.3, 0.4) is 0 Å². The average molecular weight is 245 g/mol. The molecule has 2 saturated carbocycles. The maximum absolute atomic E-state index is 13.3. The van der Waals surface area contributed by atoms with Gasteiger partial charge >= 0.3 is 0 Å². The molecule has 0 aromatic carbocycles. The van der Waals surface area contributed by atoms with Crippen LogP contribution < -0.4 is 5.32 Å². The van der Waals surface area contributed by atoms with Crippen molar-refractivity contribution in [3.8, 4) is 0 Å². The summed E-state index contributed by atoms with van der Waals surface area (Å²) >= 11 is 0. The molecule has 0 bridgehead atoms. The Labute approximate surface area is 103 Å². The Morgan fingerprint density at radius 1 is 1.12 bits per heavy atom. The minimum atomic E-state index is -2.40. The first kappa shape index (κ1) is 13.3. The molecule has 100 valence electrons. The summed E-state index contributed by atoms with van der Waals surface area (Å²) in [6.45, 7) is 5.38. The van der Waals surface area contributed by atoms with E-state index >= 15 is 0 Å². The maximum Gasteiger partial charge on any atom is 0.248 e. The van der Waals surface area contributed by atoms with Gasteiger partial charge in [0, 0.05) is 18.9 Å². The highest BCUT2D eigenvalue weighted by molar-refractivity contribution is 4.88. The van der Waals surface area contributed by atoms with E-state index in [0.29, 0.717) is 17.9 Å². The monoisotopic (exact) mass is 245 g/mol. The van der Waals surface area contributed by atoms with Crippen LogP contribution in [-0.2, 0) is 0 Å². The number of nitrogens with one attached hydrogen (secondary N) is 1. The second-order valence-corrected chi connectivity index (χ2v) is 6.83. The third-order valence-corrected chi connectivity index (χ3v) is 4.41. The van der Waals surface area contributed by atoms with Gasteiger partial charge in [-0.2, -0.15) is 0 Å². The van der Waals surface area contributed by atoms with Crippen molar-refractivity contribution in [2.45, 2.75) is 70.8 Å². The smallest absolute Gasteiger partial charge is 0.248 e. The van der Waals surface area contributed by atoms with Crippen LogP contribution in [0.5, 0.6) is 0 Å². The molecule has 3 heteroatoms. The molecule has 2 aliphatic carbocycles. The van der Waals surface area contributed by atoms with Gasteiger partial charge in [0.1, 0.15) is 0 Å². The number of hydrogen-bond acceptors (Lipinski definition) is 1. The summed E-state index contributed by atoms with van der Waals surface area (Å²) in [5.41, 5.74) is 0.439. The molecule has 2 atom stereocenters. The van der Waals surface area contributed by atoms with Crippen LogP contribution in [-0.4, -0.2) is 18.5 Å². The number of rotatable bonds is 3. The third kappa shape index (κ3) is 3.90. The predicted octanol–water partition coefficient (Wildman–Crippen LogP) is 3.98. The maximum atomic E-state index is 13.3. The van der Waals surface area contributed by atoms with Crippen LogP contribution in [0.25, 0.3) is 0 Å². The normalized spacial score (nSPS) is 36.0. The second-order valence-electron chi connectivity index (χ2n) is 6.83. The molecule has 0 radical (unpaired) electrons. The van der Waals surface area contributed by atoms with Gasteiger partial charge in [0.25, 0.3) is 0 Å². The van der Waals surface area contributed by atoms with Crippen LogP contribution in [0.2, 0.25) is 0 Å². The van der Waals surface area contributed by atoms with Gasteiger partial charge in [-0.05, 0) is 50.0 Å². The molecule has 0 aromatic rings. The quantitative estimate of drug-likeness (QED) is 0.793. The molecule has 1 N–H and O–H groups in total. The van der Waals surface area contributed by atoms with Gasteiger partial charge in [-0.3, -0.25) is 0 Å². The number of hydrogen-bond donors (Lipinski definition) is 1. The summed E-state index contributed by atoms with van der Waals surface area (Å²) in [7, 11) is 0. The molecule has 2 aliphatic rings. The van der Waals surface area contributed by atoms with Crippen LogP contribution in [0, 0.1) is 11.3 Å². The van der Waals surface area contributed by atoms with Crippen LogP contribution in [0.4, 0.5) is 8.78 Å². The highest BCUT2D eigenvalue weighted by Crippen LogP contribution is 2.38. The van der Waals surface area contributed by atoms with Crippen molar-refractivity contribution in [2.24, 2.45) is 11.3 Å². The van der Waals surface area contributed by atoms with Gasteiger partial charge in [0.2, 0.25) is 5.92 Å². The van der Waals surface area contributed by atoms with E-state index in [2.05, 4.69) is 19.2 Å². The van der Waals surface area contributed by atoms with Gasteiger partial charge in [-0.1, -0.05) is 13.8 Å². The Morgan fingerprint density at radius 2 is 1.88 bits per heavy atom. The zero-order chi connectivity index (χ0) is 12.5. The fraction of sp³-hybridized carbons (Fsp3) is 1.00. The molecule has 2 unspecified atom stereocenters. The van der Waals surface area contributed by atoms with Gasteiger partial charge < -0.3 is 5.32 Å². The highest BCUT2D eigenvalue weighted by atomic mass is 19.3. The fourth-order valence-electron chi connectivity index (χ4n) is 3.39. The highest BCUT2D eigenvalue weighted by Gasteiger charge is 2.37. The Hall–Kier alpha value is -0.180. The molecule has 0 saturated heterocycles. The Morgan fingerprint density at radius 3 is 2.47 bits per heavy atom. The lowest BCUT2D eigenvalue weighted by Gasteiger charge is -2.30. The molecular weight excluding hydrogens is 220 g/mol. The van der Waals surface area contributed by atoms with E-state index in [1.165, 1.54) is 19.3 Å². The molecule has 17 heavy (non-hydrogen) atoms. The molecule has 2 rings (SSSR count). The van der Waals surface area contributed by atoms with Gasteiger partial charge in [-0.25, -0.2) is 8.78 Å². The average Bonchev–Trinajstić information content (AvgIpc) is 2.54. The van der Waals surface area contributed by atoms with E-state index in [-0.39, 0.29) is 18.8 Å². The summed E-state index contributed by atoms with van der Waals surface area (Å²) in [5.74, 6) is -2.22. The summed E-state index contributed by atoms with van der Waals surface area (Å²) in [6, 6.07) is 0.556. The van der Waals surface area contributed by atoms with Crippen LogP contribution in [0.1, 0.15) is 58.8 Å². The lowest BCUT2D eigenvalue weighted by atomic mass is 9.86. The van der Waals surface area contributed by atoms with E-state index in [1.807, 2.05) is 0 Å². The third-order valence-electron chi connectivity index (χ3n) is 4.41. The molecule has 0 heterocycles. The minimum Gasteiger partial charge on any atom is -0.314 e. The van der Waals surface area contributed by atoms with Gasteiger partial charge in [-0.15, -0.1) is 0 Å². The number of alkyl halides is 2. The van der Waals surface area contributed by atoms with Gasteiger partial charge in [0.05, 0.1) is 0 Å². The van der Waals surface area contributed by atoms with E-state index in [4.69, 9.17) is 0 Å². The van der Waals surface area contributed by atoms with E-state index < -0.39 is 5.92 Å². The first-order chi connectivity index (χ1) is 7.86. The second kappa shape index (κ2) is 4.83. The molecule has 2 fully saturated rings. The summed E-state index contributed by atoms with van der Waals surface area (Å²) in [4.78, 5) is 0. The largest absolute Gasteiger partial charge is 0.314 e. The molecular formula is C14H25F2N. The van der Waals surface area contributed by atoms with Crippen LogP contribution in [0.15, 0.2) is 0 Å². The van der Waals surface area contributed by atoms with Crippen LogP contribution >= 0.6 is 0 Å². The summed E-state index contributed by atoms with van der Waals surface area (Å²) in [5, 5.41) is 3.51. The molecule has 1 nitrogen and oxygen atoms in total. The standard InChI is InChI=1S/C14H25F2N/c1-13(2)7-5-12(9-13)17-10-11-4-3-6-14(15,16)8-11/h11-12,17H,3-10H2,1-2H3. The first-order valence-corrected chi connectivity index (χ1v) is 6.98. The SMILES string of the molecule is CC1(C)CCC(NCC2CCCC(F)(F)C2)C1. The molecule has 0 aromatic heterocycles. The number of halogens is 2. The predicted molar refractivity (Wildman–Crippen MR) is 66.3 cm³/mol. The summed E-state index contributed by atoms with van der Waals surface area (Å²) in [6.07, 6.45) is 5.50. The van der Waals surface area contributed by atoms with Crippen molar-refractivity contribution in [1.29, 1.82) is 0 Å². The van der Waals surface area contributed by atoms with Crippen molar-refractivity contribution in [1.82, 2.24) is 5.32 Å². The van der Waals surface area contributed by atoms with Crippen molar-refractivity contribution in [2.75, 3.05) is 6.54 Å². The minimum absolute atomic E-state index is 0.0934. The molecule has 0 spiro atoms. The zero-order valence-electron chi connectivity index (χ0n) is 11.1. The lowest BCUT2D eigenvalue weighted by Crippen LogP contribution is -2.36. The van der Waals surface area contributed by atoms with Crippen molar-refractivity contribution in [3.05, 3.63) is 0 Å². The van der Waals surface area contributed by atoms with E-state index in [9.17, 15) is 8.78 Å². The Kier molecular flexibility index (Phi) is 3.77. The Balaban J connectivity index is 1.72. The van der Waals surface area contributed by atoms with Gasteiger partial charge in [0.15, 0.2) is 0 Å². The van der Waals surface area contributed by atoms with Crippen molar-refractivity contribution < 1.29 is 8.78 Å². The topological polar surface area (TPSA) is 12.0 Å². The van der Waals surface area contributed by atoms with Crippen molar-refractivity contribution in [3.63, 3.8) is 0 Å². The lowest BCUT2D eigenvalue weighted by molar-refractivity contribution is -0.0523. The summed E-state index contributed by atoms with van der Waals surface area (Å²) < 4.78 is 26.5. The first-order valence-electron chi connectivity index (χ1n) is 6.98. The van der Waals surface area contributed by atoms with E-state index in [1.54, 1.807) is 0 Å².